The molecular weight excluding hydrogens is 112 g/mol. The largest absolute Gasteiger partial charge is 0.270 e. The van der Waals surface area contributed by atoms with Crippen LogP contribution < -0.4 is 0 Å². The highest BCUT2D eigenvalue weighted by Crippen LogP contribution is 2.03. The number of aryl methyl sites for hydroxylation is 1. The average Bonchev–Trinajstić information content (AvgIpc) is 2.15. The van der Waals surface area contributed by atoms with Gasteiger partial charge in [0.15, 0.2) is 0 Å². The molecule has 0 saturated heterocycles. The van der Waals surface area contributed by atoms with Crippen LogP contribution in [0.15, 0.2) is 6.20 Å². The first kappa shape index (κ1) is 6.33. The number of hydrogen-bond acceptors (Lipinski definition) is 1. The lowest BCUT2D eigenvalue weighted by molar-refractivity contribution is 0.639. The fourth-order valence-electron chi connectivity index (χ4n) is 0.804. The molecule has 0 spiro atoms. The Balaban J connectivity index is 3.04. The number of nitrogens with zero attached hydrogens (tertiary/aromatic N) is 2. The molecule has 0 atom stereocenters. The minimum atomic E-state index is 0.932. The molecule has 0 fully saturated rings. The standard InChI is InChI=1S/C7H11N2/c1-4-9-7(3)6(2)5-8-9/h5H,2,4H2,1,3H3. The van der Waals surface area contributed by atoms with Crippen molar-refractivity contribution in [3.63, 3.8) is 0 Å². The van der Waals surface area contributed by atoms with Gasteiger partial charge in [-0.1, -0.05) is 0 Å². The molecule has 0 aliphatic rings. The molecule has 49 valence electrons. The molecule has 2 heteroatoms. The smallest absolute Gasteiger partial charge is 0.0524 e. The predicted octanol–water partition coefficient (Wildman–Crippen LogP) is 1.39. The Kier molecular flexibility index (Phi) is 1.56. The van der Waals surface area contributed by atoms with Gasteiger partial charge in [0.1, 0.15) is 0 Å². The van der Waals surface area contributed by atoms with Crippen LogP contribution in [0.25, 0.3) is 0 Å². The third-order valence-corrected chi connectivity index (χ3v) is 1.50. The summed E-state index contributed by atoms with van der Waals surface area (Å²) in [5.74, 6) is 0. The topological polar surface area (TPSA) is 17.8 Å². The zero-order valence-electron chi connectivity index (χ0n) is 5.89. The SMILES string of the molecule is [CH2]c1cnn(CC)c1C. The average molecular weight is 123 g/mol. The highest BCUT2D eigenvalue weighted by molar-refractivity contribution is 5.18. The number of aromatic nitrogens is 2. The summed E-state index contributed by atoms with van der Waals surface area (Å²) in [5.41, 5.74) is 2.19. The first-order chi connectivity index (χ1) is 4.25. The summed E-state index contributed by atoms with van der Waals surface area (Å²) in [6.07, 6.45) is 1.79. The maximum atomic E-state index is 4.09. The van der Waals surface area contributed by atoms with Crippen molar-refractivity contribution in [1.82, 2.24) is 9.78 Å². The van der Waals surface area contributed by atoms with Crippen LogP contribution in [0, 0.1) is 13.8 Å². The molecule has 0 amide bonds. The van der Waals surface area contributed by atoms with Crippen LogP contribution in [0.3, 0.4) is 0 Å². The van der Waals surface area contributed by atoms with Crippen molar-refractivity contribution in [1.29, 1.82) is 0 Å². The molecule has 0 saturated carbocycles. The Morgan fingerprint density at radius 3 is 2.67 bits per heavy atom. The van der Waals surface area contributed by atoms with E-state index in [9.17, 15) is 0 Å². The Morgan fingerprint density at radius 2 is 2.44 bits per heavy atom. The van der Waals surface area contributed by atoms with Gasteiger partial charge in [-0.2, -0.15) is 5.10 Å². The molecule has 1 rings (SSSR count). The summed E-state index contributed by atoms with van der Waals surface area (Å²) in [7, 11) is 0. The fourth-order valence-corrected chi connectivity index (χ4v) is 0.804. The van der Waals surface area contributed by atoms with E-state index < -0.39 is 0 Å². The summed E-state index contributed by atoms with van der Waals surface area (Å²) >= 11 is 0. The van der Waals surface area contributed by atoms with Crippen LogP contribution in [0.2, 0.25) is 0 Å². The molecule has 1 radical (unpaired) electrons. The van der Waals surface area contributed by atoms with Crippen molar-refractivity contribution < 1.29 is 0 Å². The van der Waals surface area contributed by atoms with Crippen LogP contribution in [-0.4, -0.2) is 9.78 Å². The molecule has 0 N–H and O–H groups in total. The van der Waals surface area contributed by atoms with Gasteiger partial charge in [-0.25, -0.2) is 0 Å². The Labute approximate surface area is 55.5 Å². The normalized spacial score (nSPS) is 10.1. The van der Waals surface area contributed by atoms with Crippen LogP contribution in [0.1, 0.15) is 18.2 Å². The van der Waals surface area contributed by atoms with E-state index in [2.05, 4.69) is 18.9 Å². The minimum absolute atomic E-state index is 0.932. The van der Waals surface area contributed by atoms with E-state index in [1.807, 2.05) is 11.6 Å². The third-order valence-electron chi connectivity index (χ3n) is 1.50. The fraction of sp³-hybridized carbons (Fsp3) is 0.429. The predicted molar refractivity (Wildman–Crippen MR) is 37.1 cm³/mol. The summed E-state index contributed by atoms with van der Waals surface area (Å²) in [6, 6.07) is 0. The molecule has 1 heterocycles. The summed E-state index contributed by atoms with van der Waals surface area (Å²) < 4.78 is 1.93. The van der Waals surface area contributed by atoms with E-state index in [4.69, 9.17) is 0 Å². The second-order valence-corrected chi connectivity index (χ2v) is 2.07. The first-order valence-corrected chi connectivity index (χ1v) is 3.10. The van der Waals surface area contributed by atoms with Crippen LogP contribution in [0.5, 0.6) is 0 Å². The molecule has 0 bridgehead atoms. The summed E-state index contributed by atoms with van der Waals surface area (Å²) in [5, 5.41) is 4.09. The number of hydrogen-bond donors (Lipinski definition) is 0. The van der Waals surface area contributed by atoms with Crippen LogP contribution in [-0.2, 0) is 6.54 Å². The molecule has 1 aromatic rings. The summed E-state index contributed by atoms with van der Waals surface area (Å²) in [4.78, 5) is 0. The molecule has 0 aromatic carbocycles. The monoisotopic (exact) mass is 123 g/mol. The highest BCUT2D eigenvalue weighted by Gasteiger charge is 1.97. The van der Waals surface area contributed by atoms with E-state index in [-0.39, 0.29) is 0 Å². The van der Waals surface area contributed by atoms with Crippen molar-refractivity contribution in [3.8, 4) is 0 Å². The van der Waals surface area contributed by atoms with Crippen molar-refractivity contribution in [2.75, 3.05) is 0 Å². The van der Waals surface area contributed by atoms with Crippen LogP contribution in [0.4, 0.5) is 0 Å². The van der Waals surface area contributed by atoms with Gasteiger partial charge in [0.25, 0.3) is 0 Å². The van der Waals surface area contributed by atoms with Gasteiger partial charge in [-0.3, -0.25) is 4.68 Å². The maximum absolute atomic E-state index is 4.09. The third kappa shape index (κ3) is 0.969. The van der Waals surface area contributed by atoms with Gasteiger partial charge < -0.3 is 0 Å². The second-order valence-electron chi connectivity index (χ2n) is 2.07. The van der Waals surface area contributed by atoms with Gasteiger partial charge in [0, 0.05) is 12.2 Å². The Morgan fingerprint density at radius 1 is 1.78 bits per heavy atom. The molecule has 0 aliphatic carbocycles. The van der Waals surface area contributed by atoms with E-state index in [1.54, 1.807) is 6.20 Å². The molecule has 0 aliphatic heterocycles. The molecular formula is C7H11N2. The molecule has 0 unspecified atom stereocenters. The first-order valence-electron chi connectivity index (χ1n) is 3.10. The van der Waals surface area contributed by atoms with Crippen molar-refractivity contribution in [2.24, 2.45) is 0 Å². The van der Waals surface area contributed by atoms with Gasteiger partial charge in [-0.15, -0.1) is 0 Å². The lowest BCUT2D eigenvalue weighted by atomic mass is 10.3. The van der Waals surface area contributed by atoms with E-state index in [0.717, 1.165) is 17.8 Å². The van der Waals surface area contributed by atoms with Gasteiger partial charge >= 0.3 is 0 Å². The van der Waals surface area contributed by atoms with Gasteiger partial charge in [-0.05, 0) is 26.3 Å². The molecule has 2 nitrogen and oxygen atoms in total. The van der Waals surface area contributed by atoms with Crippen LogP contribution >= 0.6 is 0 Å². The lowest BCUT2D eigenvalue weighted by Crippen LogP contribution is -1.98. The maximum Gasteiger partial charge on any atom is 0.0524 e. The minimum Gasteiger partial charge on any atom is -0.270 e. The van der Waals surface area contributed by atoms with Gasteiger partial charge in [0.05, 0.1) is 6.20 Å². The summed E-state index contributed by atoms with van der Waals surface area (Å²) in [6.45, 7) is 8.83. The zero-order chi connectivity index (χ0) is 6.85. The highest BCUT2D eigenvalue weighted by atomic mass is 15.3. The van der Waals surface area contributed by atoms with Gasteiger partial charge in [0.2, 0.25) is 0 Å². The number of rotatable bonds is 1. The van der Waals surface area contributed by atoms with Crippen molar-refractivity contribution >= 4 is 0 Å². The van der Waals surface area contributed by atoms with Crippen molar-refractivity contribution in [2.45, 2.75) is 20.4 Å². The van der Waals surface area contributed by atoms with Crippen molar-refractivity contribution in [3.05, 3.63) is 24.4 Å². The lowest BCUT2D eigenvalue weighted by Gasteiger charge is -1.96. The molecule has 1 aromatic heterocycles. The van der Waals surface area contributed by atoms with E-state index >= 15 is 0 Å². The quantitative estimate of drug-likeness (QED) is 0.551. The zero-order valence-corrected chi connectivity index (χ0v) is 5.89. The van der Waals surface area contributed by atoms with E-state index in [0.29, 0.717) is 0 Å². The second kappa shape index (κ2) is 2.21. The Hall–Kier alpha value is -0.790. The van der Waals surface area contributed by atoms with E-state index in [1.165, 1.54) is 0 Å². The molecule has 9 heavy (non-hydrogen) atoms. The Bertz CT molecular complexity index is 201.